The summed E-state index contributed by atoms with van der Waals surface area (Å²) in [5.74, 6) is 1.14. The zero-order valence-corrected chi connectivity index (χ0v) is 19.9. The summed E-state index contributed by atoms with van der Waals surface area (Å²) in [5, 5.41) is 0. The Morgan fingerprint density at radius 1 is 1.03 bits per heavy atom. The molecular formula is C27H30N4O3. The molecule has 176 valence electrons. The molecule has 1 aliphatic rings. The molecular weight excluding hydrogens is 428 g/mol. The maximum absolute atomic E-state index is 13.7. The molecule has 0 spiro atoms. The maximum atomic E-state index is 13.7. The quantitative estimate of drug-likeness (QED) is 0.422. The maximum Gasteiger partial charge on any atom is 0.337 e. The molecule has 1 saturated carbocycles. The van der Waals surface area contributed by atoms with E-state index in [1.165, 1.54) is 10.1 Å². The first-order valence-electron chi connectivity index (χ1n) is 11.9. The normalized spacial score (nSPS) is 14.4. The van der Waals surface area contributed by atoms with Crippen molar-refractivity contribution in [2.75, 3.05) is 7.11 Å². The third-order valence-corrected chi connectivity index (χ3v) is 6.89. The molecule has 0 unspecified atom stereocenters. The smallest absolute Gasteiger partial charge is 0.337 e. The predicted octanol–water partition coefficient (Wildman–Crippen LogP) is 4.64. The van der Waals surface area contributed by atoms with E-state index >= 15 is 0 Å². The first kappa shape index (κ1) is 22.2. The molecule has 34 heavy (non-hydrogen) atoms. The minimum atomic E-state index is -0.316. The van der Waals surface area contributed by atoms with Gasteiger partial charge in [0, 0.05) is 11.6 Å². The second-order valence-corrected chi connectivity index (χ2v) is 9.33. The van der Waals surface area contributed by atoms with E-state index in [2.05, 4.69) is 18.8 Å². The van der Waals surface area contributed by atoms with Gasteiger partial charge in [0.25, 0.3) is 5.56 Å². The van der Waals surface area contributed by atoms with Crippen molar-refractivity contribution in [2.45, 2.75) is 58.0 Å². The van der Waals surface area contributed by atoms with E-state index in [-0.39, 0.29) is 17.3 Å². The van der Waals surface area contributed by atoms with E-state index in [0.29, 0.717) is 29.3 Å². The van der Waals surface area contributed by atoms with E-state index < -0.39 is 0 Å². The van der Waals surface area contributed by atoms with E-state index in [9.17, 15) is 9.59 Å². The number of rotatable bonds is 6. The van der Waals surface area contributed by atoms with Gasteiger partial charge < -0.3 is 9.30 Å². The SMILES string of the molecule is COc1ccccc1Cn1cnc2c1c(=O)n(C1CCCC1)c(=O)n2-c1ccc(C(C)C)cc1. The molecule has 0 radical (unpaired) electrons. The number of benzene rings is 2. The monoisotopic (exact) mass is 458 g/mol. The van der Waals surface area contributed by atoms with Crippen LogP contribution in [0.15, 0.2) is 64.4 Å². The molecule has 0 amide bonds. The number of para-hydroxylation sites is 1. The Labute approximate surface area is 198 Å². The lowest BCUT2D eigenvalue weighted by Gasteiger charge is -2.17. The Balaban J connectivity index is 1.74. The molecule has 2 aromatic heterocycles. The van der Waals surface area contributed by atoms with Crippen LogP contribution in [-0.2, 0) is 6.54 Å². The number of nitrogens with zero attached hydrogens (tertiary/aromatic N) is 4. The Bertz CT molecular complexity index is 1440. The van der Waals surface area contributed by atoms with Crippen molar-refractivity contribution in [3.05, 3.63) is 86.8 Å². The van der Waals surface area contributed by atoms with Crippen molar-refractivity contribution in [1.82, 2.24) is 18.7 Å². The van der Waals surface area contributed by atoms with Crippen LogP contribution in [0.3, 0.4) is 0 Å². The van der Waals surface area contributed by atoms with Gasteiger partial charge in [-0.05, 0) is 42.5 Å². The molecule has 2 heterocycles. The van der Waals surface area contributed by atoms with Crippen LogP contribution in [0, 0.1) is 0 Å². The van der Waals surface area contributed by atoms with Gasteiger partial charge in [-0.15, -0.1) is 0 Å². The fourth-order valence-corrected chi connectivity index (χ4v) is 5.02. The summed E-state index contributed by atoms with van der Waals surface area (Å²) >= 11 is 0. The summed E-state index contributed by atoms with van der Waals surface area (Å²) in [6.45, 7) is 4.70. The van der Waals surface area contributed by atoms with Gasteiger partial charge in [0.1, 0.15) is 5.75 Å². The summed E-state index contributed by atoms with van der Waals surface area (Å²) in [5.41, 5.74) is 3.09. The fraction of sp³-hybridized carbons (Fsp3) is 0.370. The lowest BCUT2D eigenvalue weighted by atomic mass is 10.0. The van der Waals surface area contributed by atoms with Crippen molar-refractivity contribution >= 4 is 11.2 Å². The first-order valence-corrected chi connectivity index (χ1v) is 11.9. The Morgan fingerprint density at radius 2 is 1.74 bits per heavy atom. The summed E-state index contributed by atoms with van der Waals surface area (Å²) < 4.78 is 10.4. The molecule has 7 nitrogen and oxygen atoms in total. The van der Waals surface area contributed by atoms with Crippen molar-refractivity contribution in [3.8, 4) is 11.4 Å². The van der Waals surface area contributed by atoms with Gasteiger partial charge in [-0.1, -0.05) is 57.0 Å². The van der Waals surface area contributed by atoms with E-state index in [0.717, 1.165) is 37.0 Å². The van der Waals surface area contributed by atoms with Crippen LogP contribution in [-0.4, -0.2) is 25.8 Å². The van der Waals surface area contributed by atoms with Gasteiger partial charge in [0.05, 0.1) is 25.7 Å². The second kappa shape index (κ2) is 8.97. The zero-order chi connectivity index (χ0) is 23.8. The highest BCUT2D eigenvalue weighted by atomic mass is 16.5. The summed E-state index contributed by atoms with van der Waals surface area (Å²) in [6.07, 6.45) is 5.38. The topological polar surface area (TPSA) is 71.1 Å². The number of fused-ring (bicyclic) bond motifs is 1. The minimum absolute atomic E-state index is 0.0831. The summed E-state index contributed by atoms with van der Waals surface area (Å²) in [6, 6.07) is 15.6. The first-order chi connectivity index (χ1) is 16.5. The molecule has 0 aliphatic heterocycles. The lowest BCUT2D eigenvalue weighted by Crippen LogP contribution is -2.41. The molecule has 7 heteroatoms. The number of methoxy groups -OCH3 is 1. The molecule has 0 N–H and O–H groups in total. The van der Waals surface area contributed by atoms with Crippen LogP contribution >= 0.6 is 0 Å². The highest BCUT2D eigenvalue weighted by Gasteiger charge is 2.26. The predicted molar refractivity (Wildman–Crippen MR) is 133 cm³/mol. The van der Waals surface area contributed by atoms with Crippen LogP contribution in [0.5, 0.6) is 5.75 Å². The molecule has 0 atom stereocenters. The van der Waals surface area contributed by atoms with Crippen LogP contribution in [0.1, 0.15) is 62.6 Å². The third kappa shape index (κ3) is 3.75. The molecule has 0 bridgehead atoms. The van der Waals surface area contributed by atoms with Gasteiger partial charge in [0.2, 0.25) is 0 Å². The molecule has 2 aromatic carbocycles. The van der Waals surface area contributed by atoms with Gasteiger partial charge in [0.15, 0.2) is 11.2 Å². The van der Waals surface area contributed by atoms with Crippen molar-refractivity contribution in [2.24, 2.45) is 0 Å². The molecule has 4 aromatic rings. The minimum Gasteiger partial charge on any atom is -0.496 e. The van der Waals surface area contributed by atoms with Crippen LogP contribution < -0.4 is 16.0 Å². The van der Waals surface area contributed by atoms with Crippen molar-refractivity contribution < 1.29 is 4.74 Å². The van der Waals surface area contributed by atoms with E-state index in [4.69, 9.17) is 4.74 Å². The second-order valence-electron chi connectivity index (χ2n) is 9.33. The van der Waals surface area contributed by atoms with Crippen molar-refractivity contribution in [1.29, 1.82) is 0 Å². The highest BCUT2D eigenvalue weighted by Crippen LogP contribution is 2.28. The number of ether oxygens (including phenoxy) is 1. The molecule has 5 rings (SSSR count). The summed E-state index contributed by atoms with van der Waals surface area (Å²) in [4.78, 5) is 32.0. The van der Waals surface area contributed by atoms with E-state index in [1.807, 2.05) is 53.1 Å². The Kier molecular flexibility index (Phi) is 5.86. The molecule has 1 fully saturated rings. The Morgan fingerprint density at radius 3 is 2.41 bits per heavy atom. The molecule has 0 saturated heterocycles. The third-order valence-electron chi connectivity index (χ3n) is 6.89. The lowest BCUT2D eigenvalue weighted by molar-refractivity contribution is 0.408. The average Bonchev–Trinajstić information content (AvgIpc) is 3.51. The number of hydrogen-bond acceptors (Lipinski definition) is 4. The number of hydrogen-bond donors (Lipinski definition) is 0. The zero-order valence-electron chi connectivity index (χ0n) is 19.9. The van der Waals surface area contributed by atoms with Gasteiger partial charge in [-0.25, -0.2) is 14.3 Å². The van der Waals surface area contributed by atoms with Crippen LogP contribution in [0.25, 0.3) is 16.9 Å². The number of aromatic nitrogens is 4. The highest BCUT2D eigenvalue weighted by molar-refractivity contribution is 5.72. The van der Waals surface area contributed by atoms with Gasteiger partial charge in [-0.2, -0.15) is 0 Å². The van der Waals surface area contributed by atoms with Gasteiger partial charge >= 0.3 is 5.69 Å². The number of imidazole rings is 1. The van der Waals surface area contributed by atoms with E-state index in [1.54, 1.807) is 18.0 Å². The Hall–Kier alpha value is -3.61. The van der Waals surface area contributed by atoms with Crippen LogP contribution in [0.2, 0.25) is 0 Å². The average molecular weight is 459 g/mol. The molecule has 1 aliphatic carbocycles. The summed E-state index contributed by atoms with van der Waals surface area (Å²) in [7, 11) is 1.64. The van der Waals surface area contributed by atoms with Crippen LogP contribution in [0.4, 0.5) is 0 Å². The largest absolute Gasteiger partial charge is 0.496 e. The standard InChI is InChI=1S/C27H30N4O3/c1-18(2)19-12-14-22(15-13-19)30-25-24(26(32)31(27(30)33)21-9-5-6-10-21)29(17-28-25)16-20-8-4-7-11-23(20)34-3/h4,7-8,11-15,17-18,21H,5-6,9-10,16H2,1-3H3. The van der Waals surface area contributed by atoms with Crippen molar-refractivity contribution in [3.63, 3.8) is 0 Å². The van der Waals surface area contributed by atoms with Gasteiger partial charge in [-0.3, -0.25) is 9.36 Å². The fourth-order valence-electron chi connectivity index (χ4n) is 5.02.